The number of nitrogens with zero attached hydrogens (tertiary/aromatic N) is 3. The van der Waals surface area contributed by atoms with Crippen molar-refractivity contribution in [3.05, 3.63) is 11.7 Å². The standard InChI is InChI=1S/C14H22N4O2/c1-9(2)13-16-12(20-17-13)8-18-7-3-4-11(18)14(19)15-10-5-6-10/h9-11H,3-8H2,1-2H3,(H,15,19)/t11-/m0/s1. The summed E-state index contributed by atoms with van der Waals surface area (Å²) in [6, 6.07) is 0.380. The quantitative estimate of drug-likeness (QED) is 0.882. The minimum atomic E-state index is -0.0370. The van der Waals surface area contributed by atoms with E-state index in [1.807, 2.05) is 13.8 Å². The molecule has 1 aliphatic heterocycles. The Balaban J connectivity index is 1.60. The van der Waals surface area contributed by atoms with Crippen molar-refractivity contribution in [2.75, 3.05) is 6.54 Å². The van der Waals surface area contributed by atoms with E-state index in [1.165, 1.54) is 0 Å². The van der Waals surface area contributed by atoms with E-state index in [2.05, 4.69) is 20.4 Å². The number of aromatic nitrogens is 2. The largest absolute Gasteiger partial charge is 0.352 e. The van der Waals surface area contributed by atoms with Crippen LogP contribution in [0.5, 0.6) is 0 Å². The first-order valence-electron chi connectivity index (χ1n) is 7.50. The molecule has 1 atom stereocenters. The first-order valence-corrected chi connectivity index (χ1v) is 7.50. The van der Waals surface area contributed by atoms with Crippen molar-refractivity contribution in [2.45, 2.75) is 64.1 Å². The van der Waals surface area contributed by atoms with E-state index in [-0.39, 0.29) is 17.9 Å². The smallest absolute Gasteiger partial charge is 0.240 e. The van der Waals surface area contributed by atoms with Crippen LogP contribution < -0.4 is 5.32 Å². The highest BCUT2D eigenvalue weighted by molar-refractivity contribution is 5.82. The highest BCUT2D eigenvalue weighted by Gasteiger charge is 2.34. The molecule has 1 saturated carbocycles. The fraction of sp³-hybridized carbons (Fsp3) is 0.786. The Bertz CT molecular complexity index is 481. The number of hydrogen-bond acceptors (Lipinski definition) is 5. The van der Waals surface area contributed by atoms with Crippen LogP contribution in [-0.4, -0.2) is 39.6 Å². The van der Waals surface area contributed by atoms with Crippen molar-refractivity contribution in [1.29, 1.82) is 0 Å². The SMILES string of the molecule is CC(C)c1noc(CN2CCC[C@H]2C(=O)NC2CC2)n1. The van der Waals surface area contributed by atoms with Gasteiger partial charge in [0.25, 0.3) is 0 Å². The lowest BCUT2D eigenvalue weighted by molar-refractivity contribution is -0.125. The first kappa shape index (κ1) is 13.5. The minimum absolute atomic E-state index is 0.0370. The van der Waals surface area contributed by atoms with Gasteiger partial charge in [-0.2, -0.15) is 4.98 Å². The fourth-order valence-corrected chi connectivity index (χ4v) is 2.58. The zero-order valence-electron chi connectivity index (χ0n) is 12.1. The summed E-state index contributed by atoms with van der Waals surface area (Å²) in [6.45, 7) is 5.57. The fourth-order valence-electron chi connectivity index (χ4n) is 2.58. The molecule has 1 aromatic rings. The summed E-state index contributed by atoms with van der Waals surface area (Å²) in [4.78, 5) is 18.7. The van der Waals surface area contributed by atoms with Gasteiger partial charge in [-0.05, 0) is 32.2 Å². The molecule has 6 heteroatoms. The van der Waals surface area contributed by atoms with E-state index in [0.29, 0.717) is 18.5 Å². The van der Waals surface area contributed by atoms with E-state index in [1.54, 1.807) is 0 Å². The molecule has 1 aliphatic carbocycles. The first-order chi connectivity index (χ1) is 9.63. The predicted molar refractivity (Wildman–Crippen MR) is 73.0 cm³/mol. The van der Waals surface area contributed by atoms with Gasteiger partial charge in [-0.3, -0.25) is 9.69 Å². The van der Waals surface area contributed by atoms with Crippen LogP contribution in [-0.2, 0) is 11.3 Å². The van der Waals surface area contributed by atoms with Crippen LogP contribution in [0.2, 0.25) is 0 Å². The van der Waals surface area contributed by atoms with Crippen LogP contribution in [0, 0.1) is 0 Å². The van der Waals surface area contributed by atoms with Crippen molar-refractivity contribution in [1.82, 2.24) is 20.4 Å². The van der Waals surface area contributed by atoms with Gasteiger partial charge in [-0.1, -0.05) is 19.0 Å². The third-order valence-electron chi connectivity index (χ3n) is 3.93. The van der Waals surface area contributed by atoms with E-state index >= 15 is 0 Å². The van der Waals surface area contributed by atoms with Gasteiger partial charge >= 0.3 is 0 Å². The molecule has 1 aromatic heterocycles. The van der Waals surface area contributed by atoms with Crippen molar-refractivity contribution >= 4 is 5.91 Å². The molecule has 0 bridgehead atoms. The number of amides is 1. The lowest BCUT2D eigenvalue weighted by atomic mass is 10.2. The second-order valence-electron chi connectivity index (χ2n) is 6.11. The zero-order chi connectivity index (χ0) is 14.1. The number of rotatable bonds is 5. The molecule has 2 aliphatic rings. The van der Waals surface area contributed by atoms with Crippen LogP contribution in [0.4, 0.5) is 0 Å². The summed E-state index contributed by atoms with van der Waals surface area (Å²) in [5, 5.41) is 7.06. The summed E-state index contributed by atoms with van der Waals surface area (Å²) >= 11 is 0. The lowest BCUT2D eigenvalue weighted by Crippen LogP contribution is -2.43. The van der Waals surface area contributed by atoms with Crippen LogP contribution >= 0.6 is 0 Å². The molecular formula is C14H22N4O2. The van der Waals surface area contributed by atoms with Gasteiger partial charge in [0, 0.05) is 12.0 Å². The van der Waals surface area contributed by atoms with Gasteiger partial charge in [0.05, 0.1) is 12.6 Å². The maximum Gasteiger partial charge on any atom is 0.240 e. The topological polar surface area (TPSA) is 71.3 Å². The molecule has 20 heavy (non-hydrogen) atoms. The summed E-state index contributed by atoms with van der Waals surface area (Å²) in [7, 11) is 0. The van der Waals surface area contributed by atoms with Crippen LogP contribution in [0.15, 0.2) is 4.52 Å². The van der Waals surface area contributed by atoms with Gasteiger partial charge in [-0.25, -0.2) is 0 Å². The normalized spacial score (nSPS) is 23.4. The molecule has 0 aromatic carbocycles. The molecule has 3 rings (SSSR count). The van der Waals surface area contributed by atoms with Crippen LogP contribution in [0.1, 0.15) is 57.2 Å². The molecular weight excluding hydrogens is 256 g/mol. The molecule has 0 spiro atoms. The Hall–Kier alpha value is -1.43. The lowest BCUT2D eigenvalue weighted by Gasteiger charge is -2.21. The predicted octanol–water partition coefficient (Wildman–Crippen LogP) is 1.44. The molecule has 6 nitrogen and oxygen atoms in total. The van der Waals surface area contributed by atoms with Crippen LogP contribution in [0.25, 0.3) is 0 Å². The Kier molecular flexibility index (Phi) is 3.74. The summed E-state index contributed by atoms with van der Waals surface area (Å²) < 4.78 is 5.27. The third-order valence-corrected chi connectivity index (χ3v) is 3.93. The Morgan fingerprint density at radius 1 is 1.45 bits per heavy atom. The monoisotopic (exact) mass is 278 g/mol. The van der Waals surface area contributed by atoms with Crippen molar-refractivity contribution in [3.8, 4) is 0 Å². The Labute approximate surface area is 118 Å². The number of hydrogen-bond donors (Lipinski definition) is 1. The van der Waals surface area contributed by atoms with Crippen LogP contribution in [0.3, 0.4) is 0 Å². The maximum absolute atomic E-state index is 12.2. The molecule has 1 N–H and O–H groups in total. The van der Waals surface area contributed by atoms with Gasteiger partial charge in [-0.15, -0.1) is 0 Å². The average Bonchev–Trinajstić information content (AvgIpc) is 2.93. The highest BCUT2D eigenvalue weighted by Crippen LogP contribution is 2.23. The average molecular weight is 278 g/mol. The van der Waals surface area contributed by atoms with Crippen molar-refractivity contribution < 1.29 is 9.32 Å². The van der Waals surface area contributed by atoms with Gasteiger partial charge in [0.1, 0.15) is 0 Å². The highest BCUT2D eigenvalue weighted by atomic mass is 16.5. The van der Waals surface area contributed by atoms with E-state index in [4.69, 9.17) is 4.52 Å². The molecule has 0 radical (unpaired) electrons. The molecule has 110 valence electrons. The molecule has 1 saturated heterocycles. The van der Waals surface area contributed by atoms with Gasteiger partial charge in [0.15, 0.2) is 5.82 Å². The summed E-state index contributed by atoms with van der Waals surface area (Å²) in [5.74, 6) is 1.77. The summed E-state index contributed by atoms with van der Waals surface area (Å²) in [5.41, 5.74) is 0. The van der Waals surface area contributed by atoms with E-state index in [0.717, 1.165) is 38.1 Å². The second-order valence-corrected chi connectivity index (χ2v) is 6.11. The van der Waals surface area contributed by atoms with Crippen molar-refractivity contribution in [3.63, 3.8) is 0 Å². The number of carbonyl (C=O) groups is 1. The van der Waals surface area contributed by atoms with Gasteiger partial charge in [0.2, 0.25) is 11.8 Å². The number of likely N-dealkylation sites (tertiary alicyclic amines) is 1. The summed E-state index contributed by atoms with van der Waals surface area (Å²) in [6.07, 6.45) is 4.22. The molecule has 0 unspecified atom stereocenters. The molecule has 2 heterocycles. The minimum Gasteiger partial charge on any atom is -0.352 e. The maximum atomic E-state index is 12.2. The Morgan fingerprint density at radius 3 is 2.90 bits per heavy atom. The third kappa shape index (κ3) is 3.00. The molecule has 2 fully saturated rings. The van der Waals surface area contributed by atoms with E-state index < -0.39 is 0 Å². The number of nitrogens with one attached hydrogen (secondary N) is 1. The number of carbonyl (C=O) groups excluding carboxylic acids is 1. The zero-order valence-corrected chi connectivity index (χ0v) is 12.1. The Morgan fingerprint density at radius 2 is 2.25 bits per heavy atom. The second kappa shape index (κ2) is 5.52. The van der Waals surface area contributed by atoms with Crippen molar-refractivity contribution in [2.24, 2.45) is 0 Å². The molecule has 1 amide bonds. The van der Waals surface area contributed by atoms with E-state index in [9.17, 15) is 4.79 Å². The van der Waals surface area contributed by atoms with Gasteiger partial charge < -0.3 is 9.84 Å².